The first-order valence-electron chi connectivity index (χ1n) is 6.66. The van der Waals surface area contributed by atoms with E-state index in [2.05, 4.69) is 10.3 Å². The maximum absolute atomic E-state index is 12.1. The Morgan fingerprint density at radius 2 is 2.37 bits per heavy atom. The lowest BCUT2D eigenvalue weighted by atomic mass is 10.1. The van der Waals surface area contributed by atoms with Crippen LogP contribution in [0.1, 0.15) is 32.6 Å². The van der Waals surface area contributed by atoms with E-state index in [0.717, 1.165) is 12.8 Å². The first-order chi connectivity index (χ1) is 9.11. The highest BCUT2D eigenvalue weighted by molar-refractivity contribution is 5.70. The van der Waals surface area contributed by atoms with Crippen molar-refractivity contribution in [3.05, 3.63) is 22.7 Å². The average molecular weight is 265 g/mol. The van der Waals surface area contributed by atoms with Gasteiger partial charge in [-0.15, -0.1) is 0 Å². The molecule has 6 nitrogen and oxygen atoms in total. The van der Waals surface area contributed by atoms with Gasteiger partial charge in [0.25, 0.3) is 5.56 Å². The summed E-state index contributed by atoms with van der Waals surface area (Å²) in [4.78, 5) is 27.0. The number of hydrogen-bond donors (Lipinski definition) is 2. The fourth-order valence-electron chi connectivity index (χ4n) is 2.49. The molecule has 2 unspecified atom stereocenters. The molecular weight excluding hydrogens is 246 g/mol. The van der Waals surface area contributed by atoms with Crippen molar-refractivity contribution >= 4 is 11.8 Å². The van der Waals surface area contributed by atoms with Crippen LogP contribution in [0.5, 0.6) is 0 Å². The highest BCUT2D eigenvalue weighted by Crippen LogP contribution is 2.27. The van der Waals surface area contributed by atoms with Gasteiger partial charge in [0, 0.05) is 25.0 Å². The molecule has 6 heteroatoms. The van der Waals surface area contributed by atoms with E-state index < -0.39 is 5.97 Å². The Kier molecular flexibility index (Phi) is 4.19. The van der Waals surface area contributed by atoms with Crippen molar-refractivity contribution in [3.63, 3.8) is 0 Å². The Morgan fingerprint density at radius 3 is 3.00 bits per heavy atom. The second-order valence-corrected chi connectivity index (χ2v) is 4.96. The van der Waals surface area contributed by atoms with Crippen LogP contribution in [0.15, 0.2) is 17.2 Å². The van der Waals surface area contributed by atoms with Gasteiger partial charge >= 0.3 is 5.97 Å². The van der Waals surface area contributed by atoms with Crippen molar-refractivity contribution < 1.29 is 9.90 Å². The Balaban J connectivity index is 2.06. The summed E-state index contributed by atoms with van der Waals surface area (Å²) in [5.74, 6) is -0.736. The molecule has 0 bridgehead atoms. The number of hydrogen-bond acceptors (Lipinski definition) is 4. The molecule has 0 spiro atoms. The molecule has 0 saturated heterocycles. The van der Waals surface area contributed by atoms with E-state index in [-0.39, 0.29) is 17.5 Å². The van der Waals surface area contributed by atoms with Gasteiger partial charge in [-0.05, 0) is 25.7 Å². The van der Waals surface area contributed by atoms with E-state index in [1.54, 1.807) is 17.0 Å². The largest absolute Gasteiger partial charge is 0.481 e. The summed E-state index contributed by atoms with van der Waals surface area (Å²) >= 11 is 0. The molecule has 1 aromatic heterocycles. The molecule has 0 aliphatic heterocycles. The lowest BCUT2D eigenvalue weighted by Crippen LogP contribution is -2.28. The minimum absolute atomic E-state index is 0.0266. The third-order valence-electron chi connectivity index (χ3n) is 3.50. The van der Waals surface area contributed by atoms with Crippen molar-refractivity contribution in [2.75, 3.05) is 5.32 Å². The molecule has 0 aromatic carbocycles. The number of rotatable bonds is 5. The summed E-state index contributed by atoms with van der Waals surface area (Å²) in [5.41, 5.74) is -0.136. The van der Waals surface area contributed by atoms with Gasteiger partial charge in [-0.1, -0.05) is 6.92 Å². The summed E-state index contributed by atoms with van der Waals surface area (Å²) in [7, 11) is 0. The molecule has 2 N–H and O–H groups in total. The van der Waals surface area contributed by atoms with E-state index in [1.165, 1.54) is 0 Å². The van der Waals surface area contributed by atoms with Crippen LogP contribution < -0.4 is 10.9 Å². The molecule has 1 aliphatic carbocycles. The minimum atomic E-state index is -0.756. The van der Waals surface area contributed by atoms with Gasteiger partial charge in [-0.25, -0.2) is 4.98 Å². The topological polar surface area (TPSA) is 84.2 Å². The number of carboxylic acids is 1. The summed E-state index contributed by atoms with van der Waals surface area (Å²) in [5, 5.41) is 12.0. The maximum Gasteiger partial charge on any atom is 0.306 e. The predicted octanol–water partition coefficient (Wildman–Crippen LogP) is 1.32. The third kappa shape index (κ3) is 3.13. The number of anilines is 1. The normalized spacial score (nSPS) is 22.4. The Bertz CT molecular complexity index is 512. The Morgan fingerprint density at radius 1 is 1.58 bits per heavy atom. The molecular formula is C13H19N3O3. The van der Waals surface area contributed by atoms with Gasteiger partial charge in [0.05, 0.1) is 5.92 Å². The number of nitrogens with one attached hydrogen (secondary N) is 1. The van der Waals surface area contributed by atoms with E-state index in [1.807, 2.05) is 6.92 Å². The van der Waals surface area contributed by atoms with Crippen molar-refractivity contribution in [1.29, 1.82) is 0 Å². The van der Waals surface area contributed by atoms with Crippen LogP contribution >= 0.6 is 0 Å². The van der Waals surface area contributed by atoms with Gasteiger partial charge in [0.1, 0.15) is 0 Å². The highest BCUT2D eigenvalue weighted by atomic mass is 16.4. The van der Waals surface area contributed by atoms with Gasteiger partial charge < -0.3 is 15.0 Å². The lowest BCUT2D eigenvalue weighted by Gasteiger charge is -2.13. The Hall–Kier alpha value is -1.85. The van der Waals surface area contributed by atoms with E-state index in [9.17, 15) is 9.59 Å². The highest BCUT2D eigenvalue weighted by Gasteiger charge is 2.30. The molecule has 19 heavy (non-hydrogen) atoms. The van der Waals surface area contributed by atoms with Crippen molar-refractivity contribution in [3.8, 4) is 0 Å². The van der Waals surface area contributed by atoms with Crippen molar-refractivity contribution in [2.45, 2.75) is 45.2 Å². The molecule has 0 radical (unpaired) electrons. The molecule has 2 atom stereocenters. The molecule has 1 fully saturated rings. The molecule has 2 rings (SSSR count). The average Bonchev–Trinajstić information content (AvgIpc) is 2.83. The molecule has 0 amide bonds. The van der Waals surface area contributed by atoms with Crippen LogP contribution in [0.2, 0.25) is 0 Å². The summed E-state index contributed by atoms with van der Waals surface area (Å²) in [6.07, 6.45) is 6.13. The molecule has 1 aromatic rings. The van der Waals surface area contributed by atoms with Crippen LogP contribution in [0.4, 0.5) is 5.82 Å². The second-order valence-electron chi connectivity index (χ2n) is 4.96. The second kappa shape index (κ2) is 5.86. The smallest absolute Gasteiger partial charge is 0.306 e. The van der Waals surface area contributed by atoms with Crippen molar-refractivity contribution in [1.82, 2.24) is 9.55 Å². The van der Waals surface area contributed by atoms with Gasteiger partial charge in [0.2, 0.25) is 0 Å². The maximum atomic E-state index is 12.1. The first-order valence-corrected chi connectivity index (χ1v) is 6.66. The van der Waals surface area contributed by atoms with Gasteiger partial charge in [0.15, 0.2) is 5.82 Å². The fraction of sp³-hybridized carbons (Fsp3) is 0.615. The zero-order valence-corrected chi connectivity index (χ0v) is 11.0. The van der Waals surface area contributed by atoms with E-state index in [0.29, 0.717) is 25.2 Å². The SMILES string of the molecule is CCCn1ccnc(NC2CCC(C(=O)O)C2)c1=O. The summed E-state index contributed by atoms with van der Waals surface area (Å²) in [6, 6.07) is 0.0266. The summed E-state index contributed by atoms with van der Waals surface area (Å²) in [6.45, 7) is 2.67. The number of carbonyl (C=O) groups is 1. The van der Waals surface area contributed by atoms with Crippen molar-refractivity contribution in [2.24, 2.45) is 5.92 Å². The summed E-state index contributed by atoms with van der Waals surface area (Å²) < 4.78 is 1.62. The number of nitrogens with zero attached hydrogens (tertiary/aromatic N) is 2. The van der Waals surface area contributed by atoms with Gasteiger partial charge in [-0.3, -0.25) is 9.59 Å². The number of carboxylic acid groups (broad SMARTS) is 1. The van der Waals surface area contributed by atoms with Crippen LogP contribution in [-0.4, -0.2) is 26.7 Å². The fourth-order valence-corrected chi connectivity index (χ4v) is 2.49. The molecule has 104 valence electrons. The van der Waals surface area contributed by atoms with Crippen LogP contribution in [0.3, 0.4) is 0 Å². The van der Waals surface area contributed by atoms with Gasteiger partial charge in [-0.2, -0.15) is 0 Å². The zero-order chi connectivity index (χ0) is 13.8. The quantitative estimate of drug-likeness (QED) is 0.838. The van der Waals surface area contributed by atoms with E-state index >= 15 is 0 Å². The monoisotopic (exact) mass is 265 g/mol. The van der Waals surface area contributed by atoms with Crippen LogP contribution in [0.25, 0.3) is 0 Å². The molecule has 1 aliphatic rings. The van der Waals surface area contributed by atoms with Crippen LogP contribution in [-0.2, 0) is 11.3 Å². The standard InChI is InChI=1S/C13H19N3O3/c1-2-6-16-7-5-14-11(12(16)17)15-10-4-3-9(8-10)13(18)19/h5,7,9-10H,2-4,6,8H2,1H3,(H,14,15)(H,18,19). The first kappa shape index (κ1) is 13.6. The van der Waals surface area contributed by atoms with Crippen LogP contribution in [0, 0.1) is 5.92 Å². The number of aryl methyl sites for hydroxylation is 1. The minimum Gasteiger partial charge on any atom is -0.481 e. The number of aliphatic carboxylic acids is 1. The lowest BCUT2D eigenvalue weighted by molar-refractivity contribution is -0.141. The third-order valence-corrected chi connectivity index (χ3v) is 3.50. The molecule has 1 heterocycles. The zero-order valence-electron chi connectivity index (χ0n) is 11.0. The predicted molar refractivity (Wildman–Crippen MR) is 71.2 cm³/mol. The Labute approximate surface area is 111 Å². The van der Waals surface area contributed by atoms with E-state index in [4.69, 9.17) is 5.11 Å². The number of aromatic nitrogens is 2. The molecule has 1 saturated carbocycles.